The number of carbonyl (C=O) groups is 2. The van der Waals surface area contributed by atoms with Crippen molar-refractivity contribution >= 4 is 11.9 Å². The predicted molar refractivity (Wildman–Crippen MR) is 66.9 cm³/mol. The number of carboxylic acid groups (broad SMARTS) is 1. The van der Waals surface area contributed by atoms with Crippen molar-refractivity contribution in [3.8, 4) is 0 Å². The molecule has 5 nitrogen and oxygen atoms in total. The number of carboxylic acids is 1. The van der Waals surface area contributed by atoms with E-state index < -0.39 is 11.4 Å². The van der Waals surface area contributed by atoms with E-state index in [4.69, 9.17) is 5.73 Å². The average molecular weight is 254 g/mol. The summed E-state index contributed by atoms with van der Waals surface area (Å²) in [5.41, 5.74) is 5.23. The van der Waals surface area contributed by atoms with Crippen LogP contribution in [-0.2, 0) is 9.59 Å². The molecule has 102 valence electrons. The van der Waals surface area contributed by atoms with Crippen LogP contribution >= 0.6 is 0 Å². The molecule has 0 bridgehead atoms. The zero-order valence-electron chi connectivity index (χ0n) is 10.7. The fraction of sp³-hybridized carbons (Fsp3) is 0.846. The molecule has 2 fully saturated rings. The van der Waals surface area contributed by atoms with E-state index >= 15 is 0 Å². The number of aliphatic carboxylic acids is 1. The van der Waals surface area contributed by atoms with E-state index in [1.807, 2.05) is 0 Å². The highest BCUT2D eigenvalue weighted by Gasteiger charge is 2.44. The minimum absolute atomic E-state index is 0.0604. The van der Waals surface area contributed by atoms with E-state index in [1.165, 1.54) is 0 Å². The molecule has 0 heterocycles. The lowest BCUT2D eigenvalue weighted by atomic mass is 9.68. The monoisotopic (exact) mass is 254 g/mol. The third kappa shape index (κ3) is 2.51. The maximum atomic E-state index is 12.0. The van der Waals surface area contributed by atoms with Crippen molar-refractivity contribution in [1.29, 1.82) is 0 Å². The Morgan fingerprint density at radius 2 is 1.89 bits per heavy atom. The van der Waals surface area contributed by atoms with Crippen molar-refractivity contribution in [1.82, 2.24) is 5.32 Å². The van der Waals surface area contributed by atoms with Gasteiger partial charge in [0.15, 0.2) is 0 Å². The smallest absolute Gasteiger partial charge is 0.311 e. The van der Waals surface area contributed by atoms with Crippen LogP contribution in [0.5, 0.6) is 0 Å². The largest absolute Gasteiger partial charge is 0.481 e. The summed E-state index contributed by atoms with van der Waals surface area (Å²) in [6.45, 7) is 0.254. The lowest BCUT2D eigenvalue weighted by Crippen LogP contribution is -2.51. The first kappa shape index (κ1) is 13.3. The van der Waals surface area contributed by atoms with Crippen molar-refractivity contribution in [2.24, 2.45) is 17.1 Å². The lowest BCUT2D eigenvalue weighted by molar-refractivity contribution is -0.154. The van der Waals surface area contributed by atoms with Gasteiger partial charge in [0.25, 0.3) is 0 Å². The Labute approximate surface area is 107 Å². The van der Waals surface area contributed by atoms with Crippen molar-refractivity contribution < 1.29 is 14.7 Å². The molecule has 0 aliphatic heterocycles. The number of rotatable bonds is 4. The summed E-state index contributed by atoms with van der Waals surface area (Å²) in [5.74, 6) is -0.985. The SMILES string of the molecule is NC1CCCCC1C(=O)NCC1(C(=O)O)CCC1. The van der Waals surface area contributed by atoms with Crippen LogP contribution in [-0.4, -0.2) is 29.6 Å². The van der Waals surface area contributed by atoms with Crippen LogP contribution in [0.15, 0.2) is 0 Å². The van der Waals surface area contributed by atoms with E-state index in [9.17, 15) is 14.7 Å². The second-order valence-corrected chi connectivity index (χ2v) is 5.71. The van der Waals surface area contributed by atoms with Crippen molar-refractivity contribution in [3.05, 3.63) is 0 Å². The van der Waals surface area contributed by atoms with Gasteiger partial charge in [-0.25, -0.2) is 0 Å². The zero-order chi connectivity index (χ0) is 13.2. The fourth-order valence-electron chi connectivity index (χ4n) is 2.94. The number of hydrogen-bond acceptors (Lipinski definition) is 3. The fourth-order valence-corrected chi connectivity index (χ4v) is 2.94. The van der Waals surface area contributed by atoms with Crippen LogP contribution < -0.4 is 11.1 Å². The topological polar surface area (TPSA) is 92.4 Å². The number of nitrogens with one attached hydrogen (secondary N) is 1. The first-order valence-corrected chi connectivity index (χ1v) is 6.82. The lowest BCUT2D eigenvalue weighted by Gasteiger charge is -2.38. The maximum Gasteiger partial charge on any atom is 0.311 e. The van der Waals surface area contributed by atoms with Gasteiger partial charge in [0.2, 0.25) is 5.91 Å². The van der Waals surface area contributed by atoms with E-state index in [2.05, 4.69) is 5.32 Å². The Morgan fingerprint density at radius 3 is 2.39 bits per heavy atom. The molecule has 0 saturated heterocycles. The summed E-state index contributed by atoms with van der Waals surface area (Å²) < 4.78 is 0. The van der Waals surface area contributed by atoms with Crippen LogP contribution in [0, 0.1) is 11.3 Å². The highest BCUT2D eigenvalue weighted by molar-refractivity contribution is 5.81. The van der Waals surface area contributed by atoms with E-state index in [-0.39, 0.29) is 24.4 Å². The molecule has 0 aromatic rings. The Balaban J connectivity index is 1.86. The van der Waals surface area contributed by atoms with Crippen molar-refractivity contribution in [2.45, 2.75) is 51.0 Å². The van der Waals surface area contributed by atoms with E-state index in [0.717, 1.165) is 32.1 Å². The van der Waals surface area contributed by atoms with Gasteiger partial charge in [0.05, 0.1) is 11.3 Å². The summed E-state index contributed by atoms with van der Waals surface area (Å²) in [4.78, 5) is 23.2. The van der Waals surface area contributed by atoms with Gasteiger partial charge in [0.1, 0.15) is 0 Å². The highest BCUT2D eigenvalue weighted by atomic mass is 16.4. The molecule has 0 radical (unpaired) electrons. The molecule has 0 spiro atoms. The molecule has 1 amide bonds. The third-order valence-electron chi connectivity index (χ3n) is 4.52. The number of hydrogen-bond donors (Lipinski definition) is 3. The molecule has 0 aromatic carbocycles. The van der Waals surface area contributed by atoms with Crippen molar-refractivity contribution in [2.75, 3.05) is 6.54 Å². The van der Waals surface area contributed by atoms with E-state index in [0.29, 0.717) is 12.8 Å². The van der Waals surface area contributed by atoms with Gasteiger partial charge in [-0.05, 0) is 25.7 Å². The zero-order valence-corrected chi connectivity index (χ0v) is 10.7. The van der Waals surface area contributed by atoms with Crippen LogP contribution in [0.1, 0.15) is 44.9 Å². The number of carbonyl (C=O) groups excluding carboxylic acids is 1. The molecular formula is C13H22N2O3. The molecule has 2 aliphatic carbocycles. The van der Waals surface area contributed by atoms with Crippen LogP contribution in [0.4, 0.5) is 0 Å². The molecule has 2 unspecified atom stereocenters. The average Bonchev–Trinajstić information content (AvgIpc) is 2.27. The second-order valence-electron chi connectivity index (χ2n) is 5.71. The van der Waals surface area contributed by atoms with Crippen LogP contribution in [0.2, 0.25) is 0 Å². The Morgan fingerprint density at radius 1 is 1.22 bits per heavy atom. The maximum absolute atomic E-state index is 12.0. The molecule has 2 rings (SSSR count). The van der Waals surface area contributed by atoms with Crippen molar-refractivity contribution in [3.63, 3.8) is 0 Å². The van der Waals surface area contributed by atoms with Gasteiger partial charge in [-0.2, -0.15) is 0 Å². The van der Waals surface area contributed by atoms with Gasteiger partial charge in [0, 0.05) is 12.6 Å². The molecule has 2 saturated carbocycles. The minimum atomic E-state index is -0.790. The Hall–Kier alpha value is -1.10. The number of nitrogens with two attached hydrogens (primary N) is 1. The normalized spacial score (nSPS) is 30.3. The molecule has 18 heavy (non-hydrogen) atoms. The summed E-state index contributed by atoms with van der Waals surface area (Å²) in [5, 5.41) is 12.0. The molecule has 5 heteroatoms. The molecule has 2 atom stereocenters. The second kappa shape index (κ2) is 5.26. The van der Waals surface area contributed by atoms with Crippen LogP contribution in [0.3, 0.4) is 0 Å². The Bertz CT molecular complexity index is 339. The first-order valence-electron chi connectivity index (χ1n) is 6.82. The first-order chi connectivity index (χ1) is 8.55. The summed E-state index contributed by atoms with van der Waals surface area (Å²) in [7, 11) is 0. The van der Waals surface area contributed by atoms with Gasteiger partial charge in [-0.15, -0.1) is 0 Å². The van der Waals surface area contributed by atoms with E-state index in [1.54, 1.807) is 0 Å². The molecule has 2 aliphatic rings. The summed E-state index contributed by atoms with van der Waals surface area (Å²) >= 11 is 0. The summed E-state index contributed by atoms with van der Waals surface area (Å²) in [6.07, 6.45) is 6.11. The number of amides is 1. The molecule has 4 N–H and O–H groups in total. The minimum Gasteiger partial charge on any atom is -0.481 e. The standard InChI is InChI=1S/C13H22N2O3/c14-10-5-2-1-4-9(10)11(16)15-8-13(12(17)18)6-3-7-13/h9-10H,1-8,14H2,(H,15,16)(H,17,18). The quantitative estimate of drug-likeness (QED) is 0.694. The molecular weight excluding hydrogens is 232 g/mol. The molecule has 0 aromatic heterocycles. The highest BCUT2D eigenvalue weighted by Crippen LogP contribution is 2.40. The van der Waals surface area contributed by atoms with Gasteiger partial charge in [-0.1, -0.05) is 19.3 Å². The van der Waals surface area contributed by atoms with Gasteiger partial charge in [-0.3, -0.25) is 9.59 Å². The van der Waals surface area contributed by atoms with Gasteiger partial charge >= 0.3 is 5.97 Å². The predicted octanol–water partition coefficient (Wildman–Crippen LogP) is 0.875. The third-order valence-corrected chi connectivity index (χ3v) is 4.52. The van der Waals surface area contributed by atoms with Gasteiger partial charge < -0.3 is 16.2 Å². The Kier molecular flexibility index (Phi) is 3.90. The van der Waals surface area contributed by atoms with Crippen LogP contribution in [0.25, 0.3) is 0 Å². The summed E-state index contributed by atoms with van der Waals surface area (Å²) in [6, 6.07) is -0.0686.